The molecule has 0 atom stereocenters. The number of aryl methyl sites for hydroxylation is 1. The highest BCUT2D eigenvalue weighted by Crippen LogP contribution is 2.35. The first-order valence-corrected chi connectivity index (χ1v) is 9.43. The number of H-pyrrole nitrogens is 1. The summed E-state index contributed by atoms with van der Waals surface area (Å²) in [5.74, 6) is 0.695. The summed E-state index contributed by atoms with van der Waals surface area (Å²) in [5.41, 5.74) is 5.83. The monoisotopic (exact) mass is 318 g/mol. The molecule has 8 heteroatoms. The Morgan fingerprint density at radius 3 is 2.60 bits per heavy atom. The average molecular weight is 318 g/mol. The molecule has 1 aromatic heterocycles. The summed E-state index contributed by atoms with van der Waals surface area (Å²) in [6.07, 6.45) is 5.72. The molecule has 114 valence electrons. The van der Waals surface area contributed by atoms with E-state index < -0.39 is 10.0 Å². The van der Waals surface area contributed by atoms with Crippen LogP contribution in [0.4, 0.5) is 0 Å². The molecule has 0 unspecified atom stereocenters. The minimum absolute atomic E-state index is 0.0224. The number of sulfonamides is 1. The molecule has 2 rings (SSSR count). The second-order valence-electron chi connectivity index (χ2n) is 5.04. The van der Waals surface area contributed by atoms with Crippen molar-refractivity contribution in [1.82, 2.24) is 14.3 Å². The van der Waals surface area contributed by atoms with Gasteiger partial charge in [0.1, 0.15) is 5.82 Å². The van der Waals surface area contributed by atoms with Gasteiger partial charge in [0.15, 0.2) is 5.03 Å². The molecule has 3 N–H and O–H groups in total. The van der Waals surface area contributed by atoms with Gasteiger partial charge in [0, 0.05) is 30.8 Å². The zero-order valence-electron chi connectivity index (χ0n) is 11.9. The van der Waals surface area contributed by atoms with Crippen molar-refractivity contribution in [2.24, 2.45) is 5.73 Å². The third kappa shape index (κ3) is 2.88. The number of hydrogen-bond donors (Lipinski definition) is 2. The number of nitrogens with one attached hydrogen (secondary N) is 1. The molecule has 1 aromatic rings. The van der Waals surface area contributed by atoms with Gasteiger partial charge >= 0.3 is 0 Å². The number of thioether (sulfide) groups is 1. The van der Waals surface area contributed by atoms with Crippen LogP contribution in [0.5, 0.6) is 0 Å². The van der Waals surface area contributed by atoms with E-state index in [4.69, 9.17) is 5.73 Å². The van der Waals surface area contributed by atoms with Crippen LogP contribution in [0.15, 0.2) is 11.2 Å². The molecule has 2 heterocycles. The molecular weight excluding hydrogens is 296 g/mol. The van der Waals surface area contributed by atoms with Crippen LogP contribution in [-0.2, 0) is 16.4 Å². The topological polar surface area (TPSA) is 92.1 Å². The van der Waals surface area contributed by atoms with E-state index in [1.165, 1.54) is 10.5 Å². The zero-order chi connectivity index (χ0) is 14.8. The predicted molar refractivity (Wildman–Crippen MR) is 81.3 cm³/mol. The van der Waals surface area contributed by atoms with Crippen LogP contribution >= 0.6 is 11.8 Å². The molecule has 0 spiro atoms. The fraction of sp³-hybridized carbons (Fsp3) is 0.750. The van der Waals surface area contributed by atoms with Crippen molar-refractivity contribution in [3.8, 4) is 0 Å². The summed E-state index contributed by atoms with van der Waals surface area (Å²) in [6, 6.07) is 0. The summed E-state index contributed by atoms with van der Waals surface area (Å²) < 4.78 is 26.6. The van der Waals surface area contributed by atoms with E-state index in [-0.39, 0.29) is 9.77 Å². The molecule has 20 heavy (non-hydrogen) atoms. The molecule has 1 aliphatic heterocycles. The fourth-order valence-electron chi connectivity index (χ4n) is 2.42. The van der Waals surface area contributed by atoms with Crippen molar-refractivity contribution in [3.63, 3.8) is 0 Å². The summed E-state index contributed by atoms with van der Waals surface area (Å²) in [5, 5.41) is 0.193. The number of hydrogen-bond acceptors (Lipinski definition) is 5. The Hall–Kier alpha value is -0.570. The number of rotatable bonds is 5. The molecule has 0 amide bonds. The number of aromatic nitrogens is 2. The Morgan fingerprint density at radius 1 is 1.50 bits per heavy atom. The Bertz CT molecular complexity index is 542. The number of piperidine rings is 1. The van der Waals surface area contributed by atoms with Crippen LogP contribution in [0.2, 0.25) is 0 Å². The van der Waals surface area contributed by atoms with Gasteiger partial charge in [-0.3, -0.25) is 0 Å². The van der Waals surface area contributed by atoms with E-state index in [1.807, 2.05) is 13.2 Å². The van der Waals surface area contributed by atoms with Gasteiger partial charge in [0.05, 0.1) is 6.20 Å². The van der Waals surface area contributed by atoms with Crippen molar-refractivity contribution >= 4 is 21.8 Å². The van der Waals surface area contributed by atoms with Crippen LogP contribution in [0.1, 0.15) is 25.6 Å². The Kier molecular flexibility index (Phi) is 4.78. The first-order chi connectivity index (χ1) is 9.47. The highest BCUT2D eigenvalue weighted by Gasteiger charge is 2.37. The number of nitrogens with zero attached hydrogens (tertiary/aromatic N) is 2. The molecule has 0 bridgehead atoms. The zero-order valence-corrected chi connectivity index (χ0v) is 13.6. The quantitative estimate of drug-likeness (QED) is 0.838. The second-order valence-corrected chi connectivity index (χ2v) is 8.22. The largest absolute Gasteiger partial charge is 0.332 e. The molecule has 1 aliphatic rings. The second kappa shape index (κ2) is 6.05. The van der Waals surface area contributed by atoms with Gasteiger partial charge in [-0.15, -0.1) is 0 Å². The maximum absolute atomic E-state index is 12.5. The SMILES string of the molecule is CCc1ncc(S(=O)(=O)N2CCC(CN)(SC)CC2)[nH]1. The summed E-state index contributed by atoms with van der Waals surface area (Å²) in [4.78, 5) is 6.95. The van der Waals surface area contributed by atoms with Gasteiger partial charge in [0.25, 0.3) is 10.0 Å². The lowest BCUT2D eigenvalue weighted by molar-refractivity contribution is 0.301. The highest BCUT2D eigenvalue weighted by atomic mass is 32.2. The fourth-order valence-corrected chi connectivity index (χ4v) is 4.55. The molecular formula is C12H22N4O2S2. The van der Waals surface area contributed by atoms with Gasteiger partial charge in [-0.05, 0) is 19.1 Å². The van der Waals surface area contributed by atoms with Crippen molar-refractivity contribution in [3.05, 3.63) is 12.0 Å². The van der Waals surface area contributed by atoms with Gasteiger partial charge < -0.3 is 10.7 Å². The Morgan fingerprint density at radius 2 is 2.15 bits per heavy atom. The maximum Gasteiger partial charge on any atom is 0.260 e. The molecule has 0 radical (unpaired) electrons. The van der Waals surface area contributed by atoms with E-state index >= 15 is 0 Å². The van der Waals surface area contributed by atoms with Gasteiger partial charge in [-0.25, -0.2) is 13.4 Å². The van der Waals surface area contributed by atoms with E-state index in [2.05, 4.69) is 9.97 Å². The predicted octanol–water partition coefficient (Wildman–Crippen LogP) is 0.817. The van der Waals surface area contributed by atoms with Gasteiger partial charge in [0.2, 0.25) is 0 Å². The summed E-state index contributed by atoms with van der Waals surface area (Å²) in [7, 11) is -3.45. The maximum atomic E-state index is 12.5. The van der Waals surface area contributed by atoms with E-state index in [9.17, 15) is 8.42 Å². The number of aromatic amines is 1. The first-order valence-electron chi connectivity index (χ1n) is 6.76. The Labute approximate surface area is 124 Å². The number of nitrogens with two attached hydrogens (primary N) is 1. The smallest absolute Gasteiger partial charge is 0.260 e. The summed E-state index contributed by atoms with van der Waals surface area (Å²) in [6.45, 7) is 3.55. The Balaban J connectivity index is 2.13. The van der Waals surface area contributed by atoms with E-state index in [0.717, 1.165) is 12.8 Å². The third-order valence-electron chi connectivity index (χ3n) is 4.00. The van der Waals surface area contributed by atoms with E-state index in [1.54, 1.807) is 11.8 Å². The van der Waals surface area contributed by atoms with Gasteiger partial charge in [-0.2, -0.15) is 16.1 Å². The highest BCUT2D eigenvalue weighted by molar-refractivity contribution is 8.00. The van der Waals surface area contributed by atoms with Gasteiger partial charge in [-0.1, -0.05) is 6.92 Å². The molecule has 1 fully saturated rings. The summed E-state index contributed by atoms with van der Waals surface area (Å²) >= 11 is 1.74. The number of imidazole rings is 1. The van der Waals surface area contributed by atoms with Crippen LogP contribution in [-0.4, -0.2) is 53.3 Å². The average Bonchev–Trinajstić information content (AvgIpc) is 2.97. The van der Waals surface area contributed by atoms with Crippen LogP contribution in [0, 0.1) is 0 Å². The van der Waals surface area contributed by atoms with Crippen molar-refractivity contribution < 1.29 is 8.42 Å². The first kappa shape index (κ1) is 15.8. The lowest BCUT2D eigenvalue weighted by atomic mass is 9.97. The molecule has 0 aromatic carbocycles. The standard InChI is InChI=1S/C12H22N4O2S2/c1-3-10-14-8-11(15-10)20(17,18)16-6-4-12(9-13,19-2)5-7-16/h8H,3-7,9,13H2,1-2H3,(H,14,15). The van der Waals surface area contributed by atoms with Crippen LogP contribution < -0.4 is 5.73 Å². The molecule has 6 nitrogen and oxygen atoms in total. The van der Waals surface area contributed by atoms with Crippen molar-refractivity contribution in [1.29, 1.82) is 0 Å². The van der Waals surface area contributed by atoms with Crippen molar-refractivity contribution in [2.45, 2.75) is 36.0 Å². The minimum atomic E-state index is -3.45. The van der Waals surface area contributed by atoms with Crippen LogP contribution in [0.3, 0.4) is 0 Å². The lowest BCUT2D eigenvalue weighted by Crippen LogP contribution is -2.48. The normalized spacial score (nSPS) is 20.1. The molecule has 0 aliphatic carbocycles. The molecule has 1 saturated heterocycles. The minimum Gasteiger partial charge on any atom is -0.332 e. The lowest BCUT2D eigenvalue weighted by Gasteiger charge is -2.39. The van der Waals surface area contributed by atoms with Crippen molar-refractivity contribution in [2.75, 3.05) is 25.9 Å². The van der Waals surface area contributed by atoms with E-state index in [0.29, 0.717) is 31.9 Å². The third-order valence-corrected chi connectivity index (χ3v) is 7.25. The molecule has 0 saturated carbocycles. The van der Waals surface area contributed by atoms with Crippen LogP contribution in [0.25, 0.3) is 0 Å².